The summed E-state index contributed by atoms with van der Waals surface area (Å²) in [5.74, 6) is 0.914. The lowest BCUT2D eigenvalue weighted by atomic mass is 10.0. The number of amides is 2. The Morgan fingerprint density at radius 2 is 1.76 bits per heavy atom. The highest BCUT2D eigenvalue weighted by molar-refractivity contribution is 9.10. The van der Waals surface area contributed by atoms with Gasteiger partial charge in [-0.3, -0.25) is 14.5 Å². The molecule has 3 aromatic rings. The number of halogens is 2. The van der Waals surface area contributed by atoms with Crippen molar-refractivity contribution in [3.63, 3.8) is 0 Å². The van der Waals surface area contributed by atoms with Gasteiger partial charge in [0.25, 0.3) is 11.1 Å². The third kappa shape index (κ3) is 6.94. The van der Waals surface area contributed by atoms with Crippen molar-refractivity contribution >= 4 is 60.8 Å². The molecular formula is C29H25Br2NO4S. The molecule has 0 spiro atoms. The zero-order chi connectivity index (χ0) is 26.4. The van der Waals surface area contributed by atoms with Crippen LogP contribution in [0.1, 0.15) is 29.2 Å². The second kappa shape index (κ2) is 12.6. The van der Waals surface area contributed by atoms with Crippen molar-refractivity contribution in [2.24, 2.45) is 0 Å². The van der Waals surface area contributed by atoms with Crippen molar-refractivity contribution in [3.8, 4) is 11.5 Å². The second-order valence-electron chi connectivity index (χ2n) is 8.25. The first kappa shape index (κ1) is 27.2. The molecule has 0 atom stereocenters. The van der Waals surface area contributed by atoms with E-state index < -0.39 is 0 Å². The predicted molar refractivity (Wildman–Crippen MR) is 156 cm³/mol. The molecule has 0 bridgehead atoms. The largest absolute Gasteiger partial charge is 0.490 e. The van der Waals surface area contributed by atoms with Gasteiger partial charge in [0.1, 0.15) is 6.61 Å². The molecule has 0 radical (unpaired) electrons. The Bertz CT molecular complexity index is 1350. The second-order valence-corrected chi connectivity index (χ2v) is 11.1. The highest BCUT2D eigenvalue weighted by Crippen LogP contribution is 2.38. The maximum atomic E-state index is 13.1. The van der Waals surface area contributed by atoms with E-state index in [0.717, 1.165) is 43.0 Å². The maximum Gasteiger partial charge on any atom is 0.293 e. The molecule has 1 fully saturated rings. The number of benzene rings is 3. The Hall–Kier alpha value is -2.81. The molecule has 2 amide bonds. The average molecular weight is 643 g/mol. The number of imide groups is 1. The first-order valence-electron chi connectivity index (χ1n) is 11.7. The van der Waals surface area contributed by atoms with E-state index in [2.05, 4.69) is 38.4 Å². The fourth-order valence-electron chi connectivity index (χ4n) is 3.84. The van der Waals surface area contributed by atoms with Crippen molar-refractivity contribution in [2.75, 3.05) is 6.61 Å². The number of allylic oxidation sites excluding steroid dienone is 1. The molecule has 0 N–H and O–H groups in total. The fourth-order valence-corrected chi connectivity index (χ4v) is 5.39. The van der Waals surface area contributed by atoms with Crippen molar-refractivity contribution in [1.29, 1.82) is 0 Å². The van der Waals surface area contributed by atoms with Crippen LogP contribution in [0.3, 0.4) is 0 Å². The Labute approximate surface area is 237 Å². The van der Waals surface area contributed by atoms with E-state index in [1.165, 1.54) is 4.90 Å². The normalized spacial score (nSPS) is 14.4. The smallest absolute Gasteiger partial charge is 0.293 e. The molecule has 1 aliphatic heterocycles. The van der Waals surface area contributed by atoms with Crippen LogP contribution in [0.5, 0.6) is 11.5 Å². The monoisotopic (exact) mass is 641 g/mol. The average Bonchev–Trinajstić information content (AvgIpc) is 3.12. The molecule has 0 aliphatic carbocycles. The minimum Gasteiger partial charge on any atom is -0.490 e. The Balaban J connectivity index is 1.61. The summed E-state index contributed by atoms with van der Waals surface area (Å²) in [5.41, 5.74) is 3.54. The topological polar surface area (TPSA) is 55.8 Å². The highest BCUT2D eigenvalue weighted by atomic mass is 79.9. The van der Waals surface area contributed by atoms with Crippen LogP contribution in [0.25, 0.3) is 6.08 Å². The van der Waals surface area contributed by atoms with Gasteiger partial charge in [-0.05, 0) is 84.3 Å². The molecule has 5 nitrogen and oxygen atoms in total. The minimum atomic E-state index is -0.311. The van der Waals surface area contributed by atoms with Crippen LogP contribution in [0, 0.1) is 0 Å². The molecule has 4 rings (SSSR count). The number of rotatable bonds is 10. The number of thioether (sulfide) groups is 1. The van der Waals surface area contributed by atoms with Gasteiger partial charge < -0.3 is 9.47 Å². The van der Waals surface area contributed by atoms with Gasteiger partial charge in [0, 0.05) is 14.5 Å². The third-order valence-corrected chi connectivity index (χ3v) is 7.45. The van der Waals surface area contributed by atoms with Gasteiger partial charge >= 0.3 is 0 Å². The number of hydrogen-bond donors (Lipinski definition) is 0. The number of carbonyl (C=O) groups excluding carboxylic acids is 2. The van der Waals surface area contributed by atoms with E-state index in [1.54, 1.807) is 12.2 Å². The molecule has 0 aromatic heterocycles. The lowest BCUT2D eigenvalue weighted by Crippen LogP contribution is -2.27. The van der Waals surface area contributed by atoms with Gasteiger partial charge in [0.05, 0.1) is 18.1 Å². The van der Waals surface area contributed by atoms with Gasteiger partial charge in [0.2, 0.25) is 0 Å². The fraction of sp³-hybridized carbons (Fsp3) is 0.172. The Morgan fingerprint density at radius 3 is 2.46 bits per heavy atom. The van der Waals surface area contributed by atoms with Crippen LogP contribution < -0.4 is 9.47 Å². The van der Waals surface area contributed by atoms with Crippen LogP contribution in [0.15, 0.2) is 87.2 Å². The van der Waals surface area contributed by atoms with E-state index in [-0.39, 0.29) is 17.7 Å². The van der Waals surface area contributed by atoms with Crippen LogP contribution in [0.2, 0.25) is 0 Å². The zero-order valence-electron chi connectivity index (χ0n) is 20.2. The van der Waals surface area contributed by atoms with Gasteiger partial charge in [-0.2, -0.15) is 0 Å². The minimum absolute atomic E-state index is 0.218. The van der Waals surface area contributed by atoms with Crippen LogP contribution >= 0.6 is 43.6 Å². The number of nitrogens with zero attached hydrogens (tertiary/aromatic N) is 1. The number of hydrogen-bond acceptors (Lipinski definition) is 5. The van der Waals surface area contributed by atoms with Gasteiger partial charge in [0.15, 0.2) is 11.5 Å². The lowest BCUT2D eigenvalue weighted by Gasteiger charge is -2.17. The summed E-state index contributed by atoms with van der Waals surface area (Å²) in [4.78, 5) is 27.4. The summed E-state index contributed by atoms with van der Waals surface area (Å²) in [6.07, 6.45) is 4.09. The molecule has 1 heterocycles. The van der Waals surface area contributed by atoms with Crippen LogP contribution in [-0.2, 0) is 24.4 Å². The van der Waals surface area contributed by atoms with Crippen molar-refractivity contribution in [2.45, 2.75) is 26.5 Å². The molecule has 37 heavy (non-hydrogen) atoms. The molecule has 1 saturated heterocycles. The zero-order valence-corrected chi connectivity index (χ0v) is 24.2. The van der Waals surface area contributed by atoms with Crippen molar-refractivity contribution in [3.05, 3.63) is 109 Å². The van der Waals surface area contributed by atoms with Crippen LogP contribution in [-0.4, -0.2) is 22.7 Å². The summed E-state index contributed by atoms with van der Waals surface area (Å²) >= 11 is 7.83. The van der Waals surface area contributed by atoms with Crippen molar-refractivity contribution in [1.82, 2.24) is 4.90 Å². The standard InChI is InChI=1S/C29H25Br2NO4S/c1-3-6-22-13-21(15-25(35-4-2)27(22)36-18-19-9-11-23(30)12-10-19)16-26-28(33)32(29(34)37-26)17-20-7-5-8-24(31)14-20/h3,5,7-16H,1,4,6,17-18H2,2H3/b26-16-. The number of carbonyl (C=O) groups is 2. The maximum absolute atomic E-state index is 13.1. The van der Waals surface area contributed by atoms with Gasteiger partial charge in [-0.15, -0.1) is 6.58 Å². The van der Waals surface area contributed by atoms with E-state index in [9.17, 15) is 9.59 Å². The first-order valence-corrected chi connectivity index (χ1v) is 14.1. The molecular weight excluding hydrogens is 618 g/mol. The number of ether oxygens (including phenoxy) is 2. The molecule has 0 unspecified atom stereocenters. The van der Waals surface area contributed by atoms with E-state index in [0.29, 0.717) is 36.0 Å². The van der Waals surface area contributed by atoms with E-state index >= 15 is 0 Å². The Kier molecular flexibility index (Phi) is 9.29. The highest BCUT2D eigenvalue weighted by Gasteiger charge is 2.35. The van der Waals surface area contributed by atoms with E-state index in [1.807, 2.05) is 67.6 Å². The van der Waals surface area contributed by atoms with Crippen molar-refractivity contribution < 1.29 is 19.1 Å². The summed E-state index contributed by atoms with van der Waals surface area (Å²) in [6, 6.07) is 19.3. The predicted octanol–water partition coefficient (Wildman–Crippen LogP) is 8.15. The first-order chi connectivity index (χ1) is 17.9. The van der Waals surface area contributed by atoms with Gasteiger partial charge in [-0.25, -0.2) is 0 Å². The summed E-state index contributed by atoms with van der Waals surface area (Å²) in [7, 11) is 0. The SMILES string of the molecule is C=CCc1cc(/C=C2\SC(=O)N(Cc3cccc(Br)c3)C2=O)cc(OCC)c1OCc1ccc(Br)cc1. The molecule has 8 heteroatoms. The Morgan fingerprint density at radius 1 is 0.973 bits per heavy atom. The molecule has 0 saturated carbocycles. The van der Waals surface area contributed by atoms with Crippen LogP contribution in [0.4, 0.5) is 4.79 Å². The summed E-state index contributed by atoms with van der Waals surface area (Å²) in [6.45, 7) is 6.84. The lowest BCUT2D eigenvalue weighted by molar-refractivity contribution is -0.123. The summed E-state index contributed by atoms with van der Waals surface area (Å²) in [5, 5.41) is -0.290. The quantitative estimate of drug-likeness (QED) is 0.165. The molecule has 3 aromatic carbocycles. The van der Waals surface area contributed by atoms with E-state index in [4.69, 9.17) is 9.47 Å². The van der Waals surface area contributed by atoms with Gasteiger partial charge in [-0.1, -0.05) is 62.2 Å². The molecule has 1 aliphatic rings. The summed E-state index contributed by atoms with van der Waals surface area (Å²) < 4.78 is 14.0. The third-order valence-electron chi connectivity index (χ3n) is 5.52. The molecule has 190 valence electrons.